The van der Waals surface area contributed by atoms with Crippen LogP contribution in [0.3, 0.4) is 0 Å². The smallest absolute Gasteiger partial charge is 0.242 e. The second-order valence-electron chi connectivity index (χ2n) is 4.91. The number of methoxy groups -OCH3 is 1. The van der Waals surface area contributed by atoms with Gasteiger partial charge in [0.25, 0.3) is 0 Å². The molecule has 0 fully saturated rings. The topological polar surface area (TPSA) is 67.4 Å². The van der Waals surface area contributed by atoms with E-state index in [2.05, 4.69) is 10.0 Å². The van der Waals surface area contributed by atoms with E-state index in [0.29, 0.717) is 18.0 Å². The molecule has 0 amide bonds. The Morgan fingerprint density at radius 2 is 2.11 bits per heavy atom. The summed E-state index contributed by atoms with van der Waals surface area (Å²) < 4.78 is 32.5. The Morgan fingerprint density at radius 3 is 2.68 bits per heavy atom. The number of hydrogen-bond acceptors (Lipinski definition) is 5. The van der Waals surface area contributed by atoms with Crippen molar-refractivity contribution in [3.05, 3.63) is 16.3 Å². The van der Waals surface area contributed by atoms with E-state index in [1.807, 2.05) is 6.92 Å². The molecule has 2 N–H and O–H groups in total. The first-order chi connectivity index (χ1) is 8.82. The predicted molar refractivity (Wildman–Crippen MR) is 78.0 cm³/mol. The van der Waals surface area contributed by atoms with Crippen LogP contribution >= 0.6 is 11.3 Å². The average molecular weight is 306 g/mol. The quantitative estimate of drug-likeness (QED) is 0.765. The van der Waals surface area contributed by atoms with E-state index in [4.69, 9.17) is 4.74 Å². The first-order valence-electron chi connectivity index (χ1n) is 6.12. The van der Waals surface area contributed by atoms with Crippen LogP contribution in [-0.4, -0.2) is 34.2 Å². The molecule has 110 valence electrons. The van der Waals surface area contributed by atoms with Gasteiger partial charge in [-0.25, -0.2) is 13.1 Å². The lowest BCUT2D eigenvalue weighted by molar-refractivity contribution is 0.141. The van der Waals surface area contributed by atoms with E-state index >= 15 is 0 Å². The van der Waals surface area contributed by atoms with E-state index < -0.39 is 15.6 Å². The minimum Gasteiger partial charge on any atom is -0.383 e. The van der Waals surface area contributed by atoms with Crippen molar-refractivity contribution in [2.24, 2.45) is 0 Å². The highest BCUT2D eigenvalue weighted by atomic mass is 32.2. The third kappa shape index (κ3) is 4.85. The molecule has 0 atom stereocenters. The number of hydrogen-bond donors (Lipinski definition) is 2. The van der Waals surface area contributed by atoms with Crippen LogP contribution in [0.1, 0.15) is 25.6 Å². The second kappa shape index (κ2) is 6.81. The van der Waals surface area contributed by atoms with Crippen LogP contribution in [0.15, 0.2) is 16.3 Å². The zero-order chi connectivity index (χ0) is 14.5. The van der Waals surface area contributed by atoms with Crippen molar-refractivity contribution < 1.29 is 13.2 Å². The molecule has 0 radical (unpaired) electrons. The van der Waals surface area contributed by atoms with Gasteiger partial charge in [0.1, 0.15) is 0 Å². The fourth-order valence-electron chi connectivity index (χ4n) is 1.74. The molecule has 7 heteroatoms. The number of nitrogens with one attached hydrogen (secondary N) is 2. The minimum atomic E-state index is -3.52. The fraction of sp³-hybridized carbons (Fsp3) is 0.667. The summed E-state index contributed by atoms with van der Waals surface area (Å²) in [5, 5.41) is 4.94. The summed E-state index contributed by atoms with van der Waals surface area (Å²) in [5.74, 6) is 0. The van der Waals surface area contributed by atoms with Crippen molar-refractivity contribution in [3.8, 4) is 0 Å². The molecule has 1 aromatic rings. The van der Waals surface area contributed by atoms with Gasteiger partial charge in [0.05, 0.1) is 17.0 Å². The van der Waals surface area contributed by atoms with Crippen molar-refractivity contribution in [3.63, 3.8) is 0 Å². The van der Waals surface area contributed by atoms with Crippen LogP contribution in [0.25, 0.3) is 0 Å². The lowest BCUT2D eigenvalue weighted by atomic mass is 10.1. The highest BCUT2D eigenvalue weighted by Gasteiger charge is 2.28. The molecule has 0 aliphatic rings. The molecule has 0 aromatic carbocycles. The van der Waals surface area contributed by atoms with Gasteiger partial charge < -0.3 is 10.1 Å². The Morgan fingerprint density at radius 1 is 1.42 bits per heavy atom. The van der Waals surface area contributed by atoms with E-state index in [9.17, 15) is 8.42 Å². The summed E-state index contributed by atoms with van der Waals surface area (Å²) >= 11 is 1.44. The van der Waals surface area contributed by atoms with Crippen LogP contribution in [0.5, 0.6) is 0 Å². The maximum atomic E-state index is 12.4. The van der Waals surface area contributed by atoms with Crippen LogP contribution in [0, 0.1) is 0 Å². The Hall–Kier alpha value is -0.470. The van der Waals surface area contributed by atoms with Gasteiger partial charge in [-0.05, 0) is 31.8 Å². The maximum Gasteiger partial charge on any atom is 0.242 e. The molecule has 0 saturated carbocycles. The highest BCUT2D eigenvalue weighted by molar-refractivity contribution is 7.89. The average Bonchev–Trinajstić information content (AvgIpc) is 2.73. The number of thiophene rings is 1. The molecule has 0 unspecified atom stereocenters. The van der Waals surface area contributed by atoms with Gasteiger partial charge in [-0.3, -0.25) is 0 Å². The van der Waals surface area contributed by atoms with Crippen LogP contribution in [0.2, 0.25) is 0 Å². The molecule has 0 bridgehead atoms. The molecular formula is C12H22N2O3S2. The Labute approximate surface area is 119 Å². The molecule has 0 saturated heterocycles. The van der Waals surface area contributed by atoms with Crippen molar-refractivity contribution >= 4 is 21.4 Å². The fourth-order valence-corrected chi connectivity index (χ4v) is 4.56. The van der Waals surface area contributed by atoms with Gasteiger partial charge in [0.2, 0.25) is 10.0 Å². The molecule has 1 rings (SSSR count). The standard InChI is InChI=1S/C12H22N2O3S2/c1-5-13-8-10-11(6-7-18-10)19(15,16)14-12(2,3)9-17-4/h6-7,13-14H,5,8-9H2,1-4H3. The largest absolute Gasteiger partial charge is 0.383 e. The minimum absolute atomic E-state index is 0.318. The molecule has 0 aliphatic heterocycles. The first kappa shape index (κ1) is 16.6. The summed E-state index contributed by atoms with van der Waals surface area (Å²) in [6, 6.07) is 1.64. The van der Waals surface area contributed by atoms with Crippen molar-refractivity contribution in [1.29, 1.82) is 0 Å². The molecule has 0 spiro atoms. The van der Waals surface area contributed by atoms with Crippen molar-refractivity contribution in [2.45, 2.75) is 37.8 Å². The van der Waals surface area contributed by atoms with Gasteiger partial charge in [0, 0.05) is 18.5 Å². The number of ether oxygens (including phenoxy) is 1. The van der Waals surface area contributed by atoms with E-state index in [0.717, 1.165) is 11.4 Å². The molecular weight excluding hydrogens is 284 g/mol. The van der Waals surface area contributed by atoms with Gasteiger partial charge >= 0.3 is 0 Å². The lowest BCUT2D eigenvalue weighted by Crippen LogP contribution is -2.46. The molecule has 5 nitrogen and oxygen atoms in total. The van der Waals surface area contributed by atoms with E-state index in [1.165, 1.54) is 11.3 Å². The van der Waals surface area contributed by atoms with Gasteiger partial charge in [-0.2, -0.15) is 0 Å². The Balaban J connectivity index is 2.91. The van der Waals surface area contributed by atoms with Crippen LogP contribution in [0.4, 0.5) is 0 Å². The second-order valence-corrected chi connectivity index (χ2v) is 7.56. The number of sulfonamides is 1. The summed E-state index contributed by atoms with van der Waals surface area (Å²) in [6.45, 7) is 7.27. The monoisotopic (exact) mass is 306 g/mol. The van der Waals surface area contributed by atoms with Crippen molar-refractivity contribution in [2.75, 3.05) is 20.3 Å². The molecule has 1 heterocycles. The SMILES string of the molecule is CCNCc1sccc1S(=O)(=O)NC(C)(C)COC. The number of rotatable bonds is 8. The first-order valence-corrected chi connectivity index (χ1v) is 8.48. The summed E-state index contributed by atoms with van der Waals surface area (Å²) in [4.78, 5) is 1.17. The highest BCUT2D eigenvalue weighted by Crippen LogP contribution is 2.23. The van der Waals surface area contributed by atoms with E-state index in [-0.39, 0.29) is 0 Å². The zero-order valence-corrected chi connectivity index (χ0v) is 13.5. The molecule has 19 heavy (non-hydrogen) atoms. The van der Waals surface area contributed by atoms with E-state index in [1.54, 1.807) is 32.4 Å². The van der Waals surface area contributed by atoms with Gasteiger partial charge in [0.15, 0.2) is 0 Å². The summed E-state index contributed by atoms with van der Waals surface area (Å²) in [6.07, 6.45) is 0. The normalized spacial score (nSPS) is 12.8. The van der Waals surface area contributed by atoms with Crippen molar-refractivity contribution in [1.82, 2.24) is 10.0 Å². The predicted octanol–water partition coefficient (Wildman–Crippen LogP) is 1.56. The molecule has 1 aromatic heterocycles. The lowest BCUT2D eigenvalue weighted by Gasteiger charge is -2.25. The van der Waals surface area contributed by atoms with Gasteiger partial charge in [-0.1, -0.05) is 6.92 Å². The Kier molecular flexibility index (Phi) is 5.94. The van der Waals surface area contributed by atoms with Crippen LogP contribution < -0.4 is 10.0 Å². The maximum absolute atomic E-state index is 12.4. The third-order valence-electron chi connectivity index (χ3n) is 2.45. The van der Waals surface area contributed by atoms with Gasteiger partial charge in [-0.15, -0.1) is 11.3 Å². The summed E-state index contributed by atoms with van der Waals surface area (Å²) in [7, 11) is -1.96. The third-order valence-corrected chi connectivity index (χ3v) is 5.28. The molecule has 0 aliphatic carbocycles. The summed E-state index contributed by atoms with van der Waals surface area (Å²) in [5.41, 5.74) is -0.634. The Bertz CT molecular complexity index is 495. The van der Waals surface area contributed by atoms with Crippen LogP contribution in [-0.2, 0) is 21.3 Å². The zero-order valence-electron chi connectivity index (χ0n) is 11.8.